The highest BCUT2D eigenvalue weighted by molar-refractivity contribution is 5.92. The van der Waals surface area contributed by atoms with Crippen molar-refractivity contribution in [3.8, 4) is 5.82 Å². The third-order valence-corrected chi connectivity index (χ3v) is 5.64. The van der Waals surface area contributed by atoms with E-state index in [4.69, 9.17) is 0 Å². The minimum atomic E-state index is 0.0310. The molecule has 1 aliphatic heterocycles. The van der Waals surface area contributed by atoms with Gasteiger partial charge in [0.1, 0.15) is 6.33 Å². The summed E-state index contributed by atoms with van der Waals surface area (Å²) < 4.78 is 1.78. The SMILES string of the molecule is C[C@@H]1CCN(C(=O)c2ccc(-n3ccnc3)nn2)[C@@H]2CCCC[C@H]12. The lowest BCUT2D eigenvalue weighted by molar-refractivity contribution is 0.0212. The van der Waals surface area contributed by atoms with E-state index in [-0.39, 0.29) is 5.91 Å². The quantitative estimate of drug-likeness (QED) is 0.851. The van der Waals surface area contributed by atoms with E-state index in [0.29, 0.717) is 29.4 Å². The Morgan fingerprint density at radius 1 is 1.17 bits per heavy atom. The van der Waals surface area contributed by atoms with Gasteiger partial charge in [0.2, 0.25) is 0 Å². The van der Waals surface area contributed by atoms with Crippen LogP contribution in [0.2, 0.25) is 0 Å². The number of carbonyl (C=O) groups is 1. The van der Waals surface area contributed by atoms with E-state index in [9.17, 15) is 4.79 Å². The molecule has 0 N–H and O–H groups in total. The standard InChI is InChI=1S/C18H23N5O/c1-13-8-10-23(16-5-3-2-4-14(13)16)18(24)15-6-7-17(21-20-15)22-11-9-19-12-22/h6-7,9,11-14,16H,2-5,8,10H2,1H3/t13-,14-,16-/m1/s1. The zero-order chi connectivity index (χ0) is 16.5. The molecule has 1 amide bonds. The van der Waals surface area contributed by atoms with Gasteiger partial charge in [-0.25, -0.2) is 4.98 Å². The topological polar surface area (TPSA) is 63.9 Å². The molecule has 6 nitrogen and oxygen atoms in total. The summed E-state index contributed by atoms with van der Waals surface area (Å²) in [6.07, 6.45) is 11.2. The van der Waals surface area contributed by atoms with Crippen molar-refractivity contribution in [3.05, 3.63) is 36.5 Å². The fourth-order valence-corrected chi connectivity index (χ4v) is 4.28. The third kappa shape index (κ3) is 2.70. The van der Waals surface area contributed by atoms with Gasteiger partial charge in [0.15, 0.2) is 11.5 Å². The van der Waals surface area contributed by atoms with Crippen LogP contribution in [0.3, 0.4) is 0 Å². The Hall–Kier alpha value is -2.24. The van der Waals surface area contributed by atoms with E-state index in [1.54, 1.807) is 23.2 Å². The Bertz CT molecular complexity index is 697. The van der Waals surface area contributed by atoms with E-state index >= 15 is 0 Å². The summed E-state index contributed by atoms with van der Waals surface area (Å²) in [5.41, 5.74) is 0.442. The average molecular weight is 325 g/mol. The van der Waals surface area contributed by atoms with Crippen LogP contribution < -0.4 is 0 Å². The van der Waals surface area contributed by atoms with E-state index in [2.05, 4.69) is 27.0 Å². The number of likely N-dealkylation sites (tertiary alicyclic amines) is 1. The molecule has 0 bridgehead atoms. The van der Waals surface area contributed by atoms with Crippen molar-refractivity contribution in [1.29, 1.82) is 0 Å². The first-order chi connectivity index (χ1) is 11.7. The molecular weight excluding hydrogens is 302 g/mol. The number of hydrogen-bond acceptors (Lipinski definition) is 4. The number of piperidine rings is 1. The molecular formula is C18H23N5O. The smallest absolute Gasteiger partial charge is 0.274 e. The summed E-state index contributed by atoms with van der Waals surface area (Å²) >= 11 is 0. The van der Waals surface area contributed by atoms with Crippen LogP contribution in [-0.4, -0.2) is 43.1 Å². The molecule has 6 heteroatoms. The lowest BCUT2D eigenvalue weighted by atomic mass is 9.72. The summed E-state index contributed by atoms with van der Waals surface area (Å²) in [7, 11) is 0. The van der Waals surface area contributed by atoms with Gasteiger partial charge in [0.25, 0.3) is 5.91 Å². The molecule has 4 rings (SSSR count). The summed E-state index contributed by atoms with van der Waals surface area (Å²) in [5.74, 6) is 2.07. The number of fused-ring (bicyclic) bond motifs is 1. The molecule has 3 atom stereocenters. The zero-order valence-corrected chi connectivity index (χ0v) is 14.0. The summed E-state index contributed by atoms with van der Waals surface area (Å²) in [4.78, 5) is 19.0. The van der Waals surface area contributed by atoms with E-state index < -0.39 is 0 Å². The first kappa shape index (κ1) is 15.3. The first-order valence-electron chi connectivity index (χ1n) is 8.87. The molecule has 0 radical (unpaired) electrons. The van der Waals surface area contributed by atoms with Gasteiger partial charge in [0, 0.05) is 25.0 Å². The Kier molecular flexibility index (Phi) is 4.04. The molecule has 0 spiro atoms. The number of rotatable bonds is 2. The molecule has 0 unspecified atom stereocenters. The van der Waals surface area contributed by atoms with Crippen LogP contribution in [0.1, 0.15) is 49.5 Å². The minimum absolute atomic E-state index is 0.0310. The number of imidazole rings is 1. The predicted molar refractivity (Wildman–Crippen MR) is 89.7 cm³/mol. The van der Waals surface area contributed by atoms with Crippen molar-refractivity contribution >= 4 is 5.91 Å². The number of nitrogens with zero attached hydrogens (tertiary/aromatic N) is 5. The first-order valence-corrected chi connectivity index (χ1v) is 8.87. The number of carbonyl (C=O) groups excluding carboxylic acids is 1. The minimum Gasteiger partial charge on any atom is -0.334 e. The summed E-state index contributed by atoms with van der Waals surface area (Å²) in [5, 5.41) is 8.36. The molecule has 1 saturated carbocycles. The van der Waals surface area contributed by atoms with Crippen LogP contribution in [0.4, 0.5) is 0 Å². The molecule has 1 aliphatic carbocycles. The predicted octanol–water partition coefficient (Wildman–Crippen LogP) is 2.70. The fourth-order valence-electron chi connectivity index (χ4n) is 4.28. The molecule has 2 aromatic heterocycles. The Balaban J connectivity index is 1.54. The van der Waals surface area contributed by atoms with Gasteiger partial charge in [-0.2, -0.15) is 0 Å². The number of hydrogen-bond donors (Lipinski definition) is 0. The Morgan fingerprint density at radius 2 is 2.04 bits per heavy atom. The molecule has 2 aromatic rings. The van der Waals surface area contributed by atoms with Crippen LogP contribution in [0.25, 0.3) is 5.82 Å². The van der Waals surface area contributed by atoms with Gasteiger partial charge in [-0.05, 0) is 43.2 Å². The number of aromatic nitrogens is 4. The van der Waals surface area contributed by atoms with Crippen molar-refractivity contribution < 1.29 is 4.79 Å². The maximum absolute atomic E-state index is 13.0. The maximum atomic E-state index is 13.0. The second kappa shape index (κ2) is 6.34. The van der Waals surface area contributed by atoms with Crippen LogP contribution >= 0.6 is 0 Å². The lowest BCUT2D eigenvalue weighted by Crippen LogP contribution is -2.52. The summed E-state index contributed by atoms with van der Waals surface area (Å²) in [6.45, 7) is 3.18. The molecule has 24 heavy (non-hydrogen) atoms. The molecule has 3 heterocycles. The fraction of sp³-hybridized carbons (Fsp3) is 0.556. The largest absolute Gasteiger partial charge is 0.334 e. The maximum Gasteiger partial charge on any atom is 0.274 e. The van der Waals surface area contributed by atoms with Crippen LogP contribution in [0, 0.1) is 11.8 Å². The van der Waals surface area contributed by atoms with Crippen molar-refractivity contribution in [2.24, 2.45) is 11.8 Å². The Labute approximate surface area is 141 Å². The monoisotopic (exact) mass is 325 g/mol. The van der Waals surface area contributed by atoms with Crippen LogP contribution in [-0.2, 0) is 0 Å². The number of amides is 1. The van der Waals surface area contributed by atoms with E-state index in [1.165, 1.54) is 19.3 Å². The van der Waals surface area contributed by atoms with Gasteiger partial charge >= 0.3 is 0 Å². The highest BCUT2D eigenvalue weighted by atomic mass is 16.2. The van der Waals surface area contributed by atoms with Crippen molar-refractivity contribution in [1.82, 2.24) is 24.6 Å². The van der Waals surface area contributed by atoms with Crippen LogP contribution in [0.5, 0.6) is 0 Å². The third-order valence-electron chi connectivity index (χ3n) is 5.64. The second-order valence-electron chi connectivity index (χ2n) is 7.03. The van der Waals surface area contributed by atoms with Gasteiger partial charge in [-0.1, -0.05) is 19.8 Å². The van der Waals surface area contributed by atoms with Gasteiger partial charge in [0.05, 0.1) is 0 Å². The zero-order valence-electron chi connectivity index (χ0n) is 14.0. The Morgan fingerprint density at radius 3 is 2.79 bits per heavy atom. The van der Waals surface area contributed by atoms with Gasteiger partial charge in [-0.15, -0.1) is 10.2 Å². The lowest BCUT2D eigenvalue weighted by Gasteiger charge is -2.47. The second-order valence-corrected chi connectivity index (χ2v) is 7.03. The van der Waals surface area contributed by atoms with Gasteiger partial charge in [-0.3, -0.25) is 9.36 Å². The average Bonchev–Trinajstić information content (AvgIpc) is 3.17. The molecule has 2 aliphatic rings. The summed E-state index contributed by atoms with van der Waals surface area (Å²) in [6, 6.07) is 3.98. The van der Waals surface area contributed by atoms with Crippen molar-refractivity contribution in [3.63, 3.8) is 0 Å². The normalized spacial score (nSPS) is 26.9. The van der Waals surface area contributed by atoms with Gasteiger partial charge < -0.3 is 4.90 Å². The molecule has 126 valence electrons. The van der Waals surface area contributed by atoms with Crippen molar-refractivity contribution in [2.45, 2.75) is 45.1 Å². The van der Waals surface area contributed by atoms with E-state index in [1.807, 2.05) is 12.3 Å². The molecule has 2 fully saturated rings. The van der Waals surface area contributed by atoms with E-state index in [0.717, 1.165) is 19.4 Å². The molecule has 1 saturated heterocycles. The van der Waals surface area contributed by atoms with Crippen molar-refractivity contribution in [2.75, 3.05) is 6.54 Å². The highest BCUT2D eigenvalue weighted by Crippen LogP contribution is 2.39. The molecule has 0 aromatic carbocycles. The highest BCUT2D eigenvalue weighted by Gasteiger charge is 2.39. The van der Waals surface area contributed by atoms with Crippen LogP contribution in [0.15, 0.2) is 30.9 Å².